The molecule has 1 rings (SSSR count). The van der Waals surface area contributed by atoms with Crippen LogP contribution in [0.1, 0.15) is 12.8 Å². The zero-order valence-corrected chi connectivity index (χ0v) is 7.42. The van der Waals surface area contributed by atoms with Gasteiger partial charge in [0, 0.05) is 0 Å². The van der Waals surface area contributed by atoms with Crippen molar-refractivity contribution >= 4 is 9.84 Å². The average molecular weight is 189 g/mol. The molecule has 4 nitrogen and oxygen atoms in total. The molecule has 0 aromatic carbocycles. The normalized spacial score (nSPS) is 35.0. The minimum absolute atomic E-state index is 0.00630. The van der Waals surface area contributed by atoms with E-state index in [9.17, 15) is 13.5 Å². The third kappa shape index (κ3) is 2.19. The summed E-state index contributed by atoms with van der Waals surface area (Å²) in [7, 11) is -3.01. The zero-order valence-electron chi connectivity index (χ0n) is 6.60. The number of nitriles is 1. The Labute approximate surface area is 71.7 Å². The van der Waals surface area contributed by atoms with Gasteiger partial charge in [0.25, 0.3) is 0 Å². The molecule has 1 N–H and O–H groups in total. The van der Waals surface area contributed by atoms with Crippen molar-refractivity contribution in [1.29, 1.82) is 5.26 Å². The molecule has 0 saturated carbocycles. The molecule has 68 valence electrons. The van der Waals surface area contributed by atoms with Crippen LogP contribution in [0.4, 0.5) is 0 Å². The Morgan fingerprint density at radius 3 is 2.50 bits per heavy atom. The van der Waals surface area contributed by atoms with Crippen LogP contribution in [0.5, 0.6) is 0 Å². The van der Waals surface area contributed by atoms with Gasteiger partial charge in [-0.1, -0.05) is 0 Å². The molecule has 0 radical (unpaired) electrons. The van der Waals surface area contributed by atoms with E-state index in [1.807, 2.05) is 6.07 Å². The van der Waals surface area contributed by atoms with Gasteiger partial charge in [-0.05, 0) is 12.8 Å². The van der Waals surface area contributed by atoms with Gasteiger partial charge in [-0.2, -0.15) is 5.26 Å². The summed E-state index contributed by atoms with van der Waals surface area (Å²) in [4.78, 5) is 0. The molecule has 2 atom stereocenters. The van der Waals surface area contributed by atoms with E-state index >= 15 is 0 Å². The number of aliphatic hydroxyl groups excluding tert-OH is 1. The molecule has 5 heteroatoms. The maximum absolute atomic E-state index is 11.1. The summed E-state index contributed by atoms with van der Waals surface area (Å²) in [6.45, 7) is 0. The Hall–Kier alpha value is -0.600. The van der Waals surface area contributed by atoms with Crippen LogP contribution in [0.3, 0.4) is 0 Å². The molecule has 0 aromatic heterocycles. The minimum atomic E-state index is -3.01. The number of hydrogen-bond donors (Lipinski definition) is 1. The molecule has 1 saturated heterocycles. The number of sulfone groups is 1. The second kappa shape index (κ2) is 3.42. The summed E-state index contributed by atoms with van der Waals surface area (Å²) >= 11 is 0. The number of nitrogens with zero attached hydrogens (tertiary/aromatic N) is 1. The van der Waals surface area contributed by atoms with E-state index in [4.69, 9.17) is 5.26 Å². The third-order valence-electron chi connectivity index (χ3n) is 2.09. The monoisotopic (exact) mass is 189 g/mol. The van der Waals surface area contributed by atoms with Crippen LogP contribution in [-0.4, -0.2) is 31.1 Å². The fourth-order valence-corrected chi connectivity index (χ4v) is 2.67. The summed E-state index contributed by atoms with van der Waals surface area (Å²) in [6, 6.07) is 1.92. The molecule has 0 bridgehead atoms. The smallest absolute Gasteiger partial charge is 0.150 e. The molecule has 0 spiro atoms. The summed E-state index contributed by atoms with van der Waals surface area (Å²) in [5, 5.41) is 17.8. The summed E-state index contributed by atoms with van der Waals surface area (Å²) in [5.41, 5.74) is 0. The first-order chi connectivity index (χ1) is 5.55. The lowest BCUT2D eigenvalue weighted by Gasteiger charge is -2.09. The van der Waals surface area contributed by atoms with Gasteiger partial charge in [-0.15, -0.1) is 0 Å². The SMILES string of the molecule is N#C[C@H]1CCS(=O)(=O)CC[C@H]1O. The molecule has 1 fully saturated rings. The highest BCUT2D eigenvalue weighted by Crippen LogP contribution is 2.18. The van der Waals surface area contributed by atoms with E-state index in [-0.39, 0.29) is 24.3 Å². The van der Waals surface area contributed by atoms with Gasteiger partial charge in [0.15, 0.2) is 0 Å². The second-order valence-corrected chi connectivity index (χ2v) is 5.34. The average Bonchev–Trinajstić information content (AvgIpc) is 2.13. The van der Waals surface area contributed by atoms with Crippen molar-refractivity contribution in [3.8, 4) is 6.07 Å². The molecule has 0 unspecified atom stereocenters. The predicted octanol–water partition coefficient (Wildman–Crippen LogP) is -0.304. The van der Waals surface area contributed by atoms with Crippen LogP contribution in [0.15, 0.2) is 0 Å². The maximum atomic E-state index is 11.1. The highest BCUT2D eigenvalue weighted by Gasteiger charge is 2.27. The highest BCUT2D eigenvalue weighted by atomic mass is 32.2. The van der Waals surface area contributed by atoms with Gasteiger partial charge in [0.2, 0.25) is 0 Å². The fraction of sp³-hybridized carbons (Fsp3) is 0.857. The van der Waals surface area contributed by atoms with Crippen molar-refractivity contribution < 1.29 is 13.5 Å². The summed E-state index contributed by atoms with van der Waals surface area (Å²) in [6.07, 6.45) is -0.312. The Morgan fingerprint density at radius 2 is 1.92 bits per heavy atom. The molecule has 0 aromatic rings. The largest absolute Gasteiger partial charge is 0.392 e. The van der Waals surface area contributed by atoms with E-state index in [2.05, 4.69) is 0 Å². The predicted molar refractivity (Wildman–Crippen MR) is 43.0 cm³/mol. The van der Waals surface area contributed by atoms with Crippen molar-refractivity contribution in [3.63, 3.8) is 0 Å². The van der Waals surface area contributed by atoms with Crippen molar-refractivity contribution in [3.05, 3.63) is 0 Å². The summed E-state index contributed by atoms with van der Waals surface area (Å²) in [5.74, 6) is -0.475. The Morgan fingerprint density at radius 1 is 1.33 bits per heavy atom. The van der Waals surface area contributed by atoms with E-state index in [1.54, 1.807) is 0 Å². The first kappa shape index (κ1) is 9.49. The van der Waals surface area contributed by atoms with Crippen LogP contribution in [0, 0.1) is 17.2 Å². The van der Waals surface area contributed by atoms with Gasteiger partial charge in [-0.3, -0.25) is 0 Å². The van der Waals surface area contributed by atoms with Gasteiger partial charge in [-0.25, -0.2) is 8.42 Å². The number of rotatable bonds is 0. The van der Waals surface area contributed by atoms with Crippen LogP contribution in [0.25, 0.3) is 0 Å². The van der Waals surface area contributed by atoms with E-state index in [1.165, 1.54) is 0 Å². The lowest BCUT2D eigenvalue weighted by atomic mass is 10.00. The Balaban J connectivity index is 2.73. The van der Waals surface area contributed by atoms with Crippen LogP contribution in [-0.2, 0) is 9.84 Å². The molecule has 1 aliphatic rings. The first-order valence-corrected chi connectivity index (χ1v) is 5.65. The Kier molecular flexibility index (Phi) is 2.70. The Bertz CT molecular complexity index is 290. The lowest BCUT2D eigenvalue weighted by Crippen LogP contribution is -2.17. The van der Waals surface area contributed by atoms with Crippen LogP contribution < -0.4 is 0 Å². The van der Waals surface area contributed by atoms with E-state index in [0.717, 1.165) is 0 Å². The molecule has 0 aliphatic carbocycles. The molecule has 1 aliphatic heterocycles. The third-order valence-corrected chi connectivity index (χ3v) is 3.81. The number of hydrogen-bond acceptors (Lipinski definition) is 4. The molecule has 12 heavy (non-hydrogen) atoms. The molecule has 1 heterocycles. The first-order valence-electron chi connectivity index (χ1n) is 3.83. The van der Waals surface area contributed by atoms with Crippen molar-refractivity contribution in [2.45, 2.75) is 18.9 Å². The molecule has 0 amide bonds. The lowest BCUT2D eigenvalue weighted by molar-refractivity contribution is 0.130. The van der Waals surface area contributed by atoms with Crippen LogP contribution in [0.2, 0.25) is 0 Å². The van der Waals surface area contributed by atoms with E-state index < -0.39 is 21.9 Å². The topological polar surface area (TPSA) is 78.2 Å². The fourth-order valence-electron chi connectivity index (χ4n) is 1.25. The highest BCUT2D eigenvalue weighted by molar-refractivity contribution is 7.91. The minimum Gasteiger partial charge on any atom is -0.392 e. The standard InChI is InChI=1S/C7H11NO3S/c8-5-6-1-3-12(10,11)4-2-7(6)9/h6-7,9H,1-4H2/t6-,7-/m1/s1. The van der Waals surface area contributed by atoms with Crippen LogP contribution >= 0.6 is 0 Å². The van der Waals surface area contributed by atoms with Crippen molar-refractivity contribution in [2.24, 2.45) is 5.92 Å². The molecular weight excluding hydrogens is 178 g/mol. The van der Waals surface area contributed by atoms with Gasteiger partial charge in [0.05, 0.1) is 29.6 Å². The summed E-state index contributed by atoms with van der Waals surface area (Å²) < 4.78 is 22.1. The maximum Gasteiger partial charge on any atom is 0.150 e. The second-order valence-electron chi connectivity index (χ2n) is 3.03. The van der Waals surface area contributed by atoms with Crippen molar-refractivity contribution in [2.75, 3.05) is 11.5 Å². The van der Waals surface area contributed by atoms with Gasteiger partial charge < -0.3 is 5.11 Å². The van der Waals surface area contributed by atoms with Gasteiger partial charge >= 0.3 is 0 Å². The zero-order chi connectivity index (χ0) is 9.19. The molecular formula is C7H11NO3S. The quantitative estimate of drug-likeness (QED) is 0.567. The number of aliphatic hydroxyl groups is 1. The van der Waals surface area contributed by atoms with Gasteiger partial charge in [0.1, 0.15) is 9.84 Å². The van der Waals surface area contributed by atoms with E-state index in [0.29, 0.717) is 0 Å². The van der Waals surface area contributed by atoms with Crippen molar-refractivity contribution in [1.82, 2.24) is 0 Å².